The molecule has 0 aromatic heterocycles. The van der Waals surface area contributed by atoms with E-state index in [0.717, 1.165) is 0 Å². The number of halogens is 14. The third kappa shape index (κ3) is 4.31. The first-order valence-corrected chi connectivity index (χ1v) is 7.52. The van der Waals surface area contributed by atoms with Gasteiger partial charge in [-0.25, -0.2) is 0 Å². The van der Waals surface area contributed by atoms with E-state index in [1.165, 1.54) is 0 Å². The molecule has 0 aliphatic carbocycles. The molecule has 0 saturated carbocycles. The molecule has 0 aliphatic rings. The molecule has 0 spiro atoms. The van der Waals surface area contributed by atoms with E-state index >= 15 is 0 Å². The van der Waals surface area contributed by atoms with E-state index in [1.54, 1.807) is 0 Å². The lowest BCUT2D eigenvalue weighted by atomic mass is 9.90. The van der Waals surface area contributed by atoms with Crippen LogP contribution in [0.1, 0.15) is 25.7 Å². The number of hydrogen-bond acceptors (Lipinski definition) is 2. The molecule has 28 heavy (non-hydrogen) atoms. The number of carbonyl (C=O) groups is 2. The maximum Gasteiger partial charge on any atom is 0.388 e. The summed E-state index contributed by atoms with van der Waals surface area (Å²) in [6, 6.07) is 0. The van der Waals surface area contributed by atoms with Gasteiger partial charge in [-0.3, -0.25) is 9.59 Å². The molecule has 0 amide bonds. The molecule has 0 heterocycles. The summed E-state index contributed by atoms with van der Waals surface area (Å²) in [5, 5.41) is -4.76. The summed E-state index contributed by atoms with van der Waals surface area (Å²) in [5.41, 5.74) is 0. The van der Waals surface area contributed by atoms with Crippen LogP contribution in [0.25, 0.3) is 0 Å². The van der Waals surface area contributed by atoms with Gasteiger partial charge in [0.25, 0.3) is 5.24 Å². The molecular weight excluding hydrogens is 475 g/mol. The zero-order valence-corrected chi connectivity index (χ0v) is 14.4. The minimum Gasteiger partial charge on any atom is -0.281 e. The van der Waals surface area contributed by atoms with Gasteiger partial charge in [-0.2, -0.15) is 52.7 Å². The second-order valence-electron chi connectivity index (χ2n) is 5.41. The van der Waals surface area contributed by atoms with Crippen molar-refractivity contribution < 1.29 is 62.3 Å². The number of hydrogen-bond donors (Lipinski definition) is 0. The highest BCUT2D eigenvalue weighted by Crippen LogP contribution is 2.60. The van der Waals surface area contributed by atoms with Gasteiger partial charge in [0, 0.05) is 12.8 Å². The van der Waals surface area contributed by atoms with Gasteiger partial charge in [0.1, 0.15) is 0 Å². The Hall–Kier alpha value is -0.920. The van der Waals surface area contributed by atoms with Crippen molar-refractivity contribution in [2.75, 3.05) is 0 Å². The Labute approximate surface area is 158 Å². The smallest absolute Gasteiger partial charge is 0.281 e. The molecule has 0 aromatic carbocycles. The van der Waals surface area contributed by atoms with Gasteiger partial charge in [0.05, 0.1) is 0 Å². The van der Waals surface area contributed by atoms with E-state index in [-0.39, 0.29) is 0 Å². The highest BCUT2D eigenvalue weighted by molar-refractivity contribution is 6.65. The third-order valence-electron chi connectivity index (χ3n) is 3.40. The molecule has 0 N–H and O–H groups in total. The molecule has 0 unspecified atom stereocenters. The van der Waals surface area contributed by atoms with Crippen LogP contribution in [0.3, 0.4) is 0 Å². The molecule has 0 bridgehead atoms. The van der Waals surface area contributed by atoms with Crippen LogP contribution in [0, 0.1) is 0 Å². The molecule has 0 atom stereocenters. The number of rotatable bonds is 11. The van der Waals surface area contributed by atoms with E-state index in [9.17, 15) is 62.3 Å². The SMILES string of the molecule is O=C(Cl)CCCCC(F)(F)C(F)(F)C(F)(F)C(F)(F)C(F)(F)C(F)(F)C(=O)Cl. The third-order valence-corrected chi connectivity index (χ3v) is 3.82. The van der Waals surface area contributed by atoms with Crippen molar-refractivity contribution in [1.29, 1.82) is 0 Å². The van der Waals surface area contributed by atoms with Crippen LogP contribution in [0.15, 0.2) is 0 Å². The van der Waals surface area contributed by atoms with E-state index < -0.39 is 71.7 Å². The maximum atomic E-state index is 13.4. The summed E-state index contributed by atoms with van der Waals surface area (Å²) in [6.07, 6.45) is -4.87. The van der Waals surface area contributed by atoms with Gasteiger partial charge in [-0.05, 0) is 36.0 Å². The number of alkyl halides is 12. The summed E-state index contributed by atoms with van der Waals surface area (Å²) in [6.45, 7) is 0. The molecule has 0 fully saturated rings. The first-order chi connectivity index (χ1) is 12.1. The Kier molecular flexibility index (Phi) is 7.81. The Balaban J connectivity index is 5.96. The number of unbranched alkanes of at least 4 members (excludes halogenated alkanes) is 1. The molecule has 0 aliphatic heterocycles. The van der Waals surface area contributed by atoms with Crippen LogP contribution in [0.4, 0.5) is 52.7 Å². The summed E-state index contributed by atoms with van der Waals surface area (Å²) >= 11 is 8.69. The average molecular weight is 483 g/mol. The van der Waals surface area contributed by atoms with Crippen LogP contribution in [0.2, 0.25) is 0 Å². The van der Waals surface area contributed by atoms with Gasteiger partial charge in [0.2, 0.25) is 5.24 Å². The van der Waals surface area contributed by atoms with Crippen molar-refractivity contribution in [3.8, 4) is 0 Å². The summed E-state index contributed by atoms with van der Waals surface area (Å²) in [4.78, 5) is 20.5. The zero-order chi connectivity index (χ0) is 23.0. The van der Waals surface area contributed by atoms with Gasteiger partial charge >= 0.3 is 35.5 Å². The van der Waals surface area contributed by atoms with E-state index in [0.29, 0.717) is 0 Å². The number of carbonyl (C=O) groups excluding carboxylic acids is 2. The first kappa shape index (κ1) is 27.1. The van der Waals surface area contributed by atoms with Gasteiger partial charge < -0.3 is 0 Å². The van der Waals surface area contributed by atoms with E-state index in [1.807, 2.05) is 0 Å². The molecular formula is C12H8Cl2F12O2. The van der Waals surface area contributed by atoms with Crippen LogP contribution in [-0.4, -0.2) is 46.0 Å². The van der Waals surface area contributed by atoms with Crippen molar-refractivity contribution in [2.45, 2.75) is 61.2 Å². The standard InChI is InChI=1S/C12H8Cl2F12O2/c13-5(27)3-1-2-4-7(15,16)9(19,20)11(23,24)12(25,26)10(21,22)8(17,18)6(14)28/h1-4H2. The Morgan fingerprint density at radius 3 is 1.36 bits per heavy atom. The predicted molar refractivity (Wildman–Crippen MR) is 69.9 cm³/mol. The van der Waals surface area contributed by atoms with Gasteiger partial charge in [0.15, 0.2) is 0 Å². The summed E-state index contributed by atoms with van der Waals surface area (Å²) in [5.74, 6) is -43.3. The topological polar surface area (TPSA) is 34.1 Å². The molecule has 2 nitrogen and oxygen atoms in total. The van der Waals surface area contributed by atoms with E-state index in [4.69, 9.17) is 11.6 Å². The molecule has 16 heteroatoms. The van der Waals surface area contributed by atoms with Crippen LogP contribution < -0.4 is 0 Å². The first-order valence-electron chi connectivity index (χ1n) is 6.76. The predicted octanol–water partition coefficient (Wildman–Crippen LogP) is 5.89. The van der Waals surface area contributed by atoms with E-state index in [2.05, 4.69) is 11.6 Å². The van der Waals surface area contributed by atoms with Gasteiger partial charge in [-0.1, -0.05) is 0 Å². The highest BCUT2D eigenvalue weighted by atomic mass is 35.5. The minimum atomic E-state index is -7.84. The van der Waals surface area contributed by atoms with Crippen molar-refractivity contribution in [1.82, 2.24) is 0 Å². The fraction of sp³-hybridized carbons (Fsp3) is 0.833. The fourth-order valence-corrected chi connectivity index (χ4v) is 1.96. The second kappa shape index (κ2) is 8.07. The highest BCUT2D eigenvalue weighted by Gasteiger charge is 2.90. The van der Waals surface area contributed by atoms with Crippen LogP contribution >= 0.6 is 23.2 Å². The molecule has 0 aromatic rings. The van der Waals surface area contributed by atoms with Crippen LogP contribution in [0.5, 0.6) is 0 Å². The summed E-state index contributed by atoms with van der Waals surface area (Å²) in [7, 11) is 0. The maximum absolute atomic E-state index is 13.4. The van der Waals surface area contributed by atoms with Crippen molar-refractivity contribution >= 4 is 33.7 Å². The lowest BCUT2D eigenvalue weighted by molar-refractivity contribution is -0.420. The fourth-order valence-electron chi connectivity index (χ4n) is 1.71. The Bertz CT molecular complexity index is 605. The molecule has 166 valence electrons. The van der Waals surface area contributed by atoms with Crippen molar-refractivity contribution in [2.24, 2.45) is 0 Å². The second-order valence-corrected chi connectivity index (χ2v) is 6.18. The summed E-state index contributed by atoms with van der Waals surface area (Å²) < 4.78 is 159. The quantitative estimate of drug-likeness (QED) is 0.209. The van der Waals surface area contributed by atoms with Crippen molar-refractivity contribution in [3.63, 3.8) is 0 Å². The minimum absolute atomic E-state index is 0.690. The van der Waals surface area contributed by atoms with Crippen LogP contribution in [-0.2, 0) is 9.59 Å². The Morgan fingerprint density at radius 1 is 0.607 bits per heavy atom. The monoisotopic (exact) mass is 482 g/mol. The Morgan fingerprint density at radius 2 is 1.00 bits per heavy atom. The molecule has 0 rings (SSSR count). The lowest BCUT2D eigenvalue weighted by Gasteiger charge is -2.40. The average Bonchev–Trinajstić information content (AvgIpc) is 2.50. The molecule has 0 radical (unpaired) electrons. The zero-order valence-electron chi connectivity index (χ0n) is 12.9. The lowest BCUT2D eigenvalue weighted by Crippen LogP contribution is -2.71. The normalized spacial score (nSPS) is 14.9. The van der Waals surface area contributed by atoms with Crippen molar-refractivity contribution in [3.05, 3.63) is 0 Å². The largest absolute Gasteiger partial charge is 0.388 e. The van der Waals surface area contributed by atoms with Gasteiger partial charge in [-0.15, -0.1) is 0 Å². The molecule has 0 saturated heterocycles.